The van der Waals surface area contributed by atoms with Crippen LogP contribution < -0.4 is 5.32 Å². The summed E-state index contributed by atoms with van der Waals surface area (Å²) in [5, 5.41) is 11.8. The van der Waals surface area contributed by atoms with Crippen molar-refractivity contribution in [3.63, 3.8) is 0 Å². The molecule has 1 unspecified atom stereocenters. The van der Waals surface area contributed by atoms with Crippen LogP contribution in [0.5, 0.6) is 0 Å². The van der Waals surface area contributed by atoms with Crippen molar-refractivity contribution in [3.05, 3.63) is 59.7 Å². The Morgan fingerprint density at radius 3 is 2.45 bits per heavy atom. The maximum absolute atomic E-state index is 11.3. The number of rotatable bonds is 4. The third-order valence-corrected chi connectivity index (χ3v) is 3.15. The maximum atomic E-state index is 11.3. The second kappa shape index (κ2) is 6.35. The molecule has 2 N–H and O–H groups in total. The molecule has 0 spiro atoms. The second-order valence-corrected chi connectivity index (χ2v) is 4.96. The van der Waals surface area contributed by atoms with Crippen LogP contribution in [0.25, 0.3) is 11.1 Å². The Balaban J connectivity index is 2.05. The standard InChI is InChI=1S/C17H19NO2/c1-12-4-3-5-16(10-12)15-8-6-14(7-9-15)11-18-17(20)13(2)19/h3-10,13,19H,11H2,1-2H3,(H,18,20). The van der Waals surface area contributed by atoms with Crippen molar-refractivity contribution in [3.8, 4) is 11.1 Å². The van der Waals surface area contributed by atoms with Gasteiger partial charge >= 0.3 is 0 Å². The van der Waals surface area contributed by atoms with Crippen molar-refractivity contribution >= 4 is 5.91 Å². The van der Waals surface area contributed by atoms with E-state index in [1.807, 2.05) is 30.3 Å². The van der Waals surface area contributed by atoms with E-state index < -0.39 is 6.10 Å². The van der Waals surface area contributed by atoms with Crippen molar-refractivity contribution in [1.82, 2.24) is 5.32 Å². The first-order chi connectivity index (χ1) is 9.56. The zero-order chi connectivity index (χ0) is 14.5. The van der Waals surface area contributed by atoms with Gasteiger partial charge in [-0.3, -0.25) is 4.79 Å². The minimum atomic E-state index is -0.971. The van der Waals surface area contributed by atoms with Gasteiger partial charge in [-0.15, -0.1) is 0 Å². The Hall–Kier alpha value is -2.13. The zero-order valence-electron chi connectivity index (χ0n) is 11.8. The molecule has 0 radical (unpaired) electrons. The zero-order valence-corrected chi connectivity index (χ0v) is 11.8. The van der Waals surface area contributed by atoms with Crippen LogP contribution in [0.15, 0.2) is 48.5 Å². The lowest BCUT2D eigenvalue weighted by atomic mass is 10.0. The molecule has 0 aliphatic heterocycles. The molecule has 0 aliphatic rings. The van der Waals surface area contributed by atoms with Crippen molar-refractivity contribution in [2.75, 3.05) is 0 Å². The minimum Gasteiger partial charge on any atom is -0.384 e. The molecule has 0 fully saturated rings. The van der Waals surface area contributed by atoms with Crippen molar-refractivity contribution in [2.45, 2.75) is 26.5 Å². The van der Waals surface area contributed by atoms with E-state index in [2.05, 4.69) is 30.4 Å². The molecule has 2 aromatic rings. The Morgan fingerprint density at radius 1 is 1.15 bits per heavy atom. The lowest BCUT2D eigenvalue weighted by Gasteiger charge is -2.08. The number of carbonyl (C=O) groups excluding carboxylic acids is 1. The van der Waals surface area contributed by atoms with Gasteiger partial charge in [0.05, 0.1) is 0 Å². The van der Waals surface area contributed by atoms with Gasteiger partial charge in [-0.05, 0) is 30.5 Å². The second-order valence-electron chi connectivity index (χ2n) is 4.96. The number of nitrogens with one attached hydrogen (secondary N) is 1. The fraction of sp³-hybridized carbons (Fsp3) is 0.235. The van der Waals surface area contributed by atoms with E-state index in [1.54, 1.807) is 0 Å². The van der Waals surface area contributed by atoms with Crippen LogP contribution in [0.3, 0.4) is 0 Å². The van der Waals surface area contributed by atoms with E-state index in [0.29, 0.717) is 6.54 Å². The van der Waals surface area contributed by atoms with Gasteiger partial charge in [0, 0.05) is 6.54 Å². The van der Waals surface area contributed by atoms with Gasteiger partial charge in [0.1, 0.15) is 6.10 Å². The van der Waals surface area contributed by atoms with E-state index in [1.165, 1.54) is 18.1 Å². The van der Waals surface area contributed by atoms with Gasteiger partial charge in [-0.25, -0.2) is 0 Å². The molecule has 20 heavy (non-hydrogen) atoms. The van der Waals surface area contributed by atoms with Crippen molar-refractivity contribution in [1.29, 1.82) is 0 Å². The minimum absolute atomic E-state index is 0.354. The van der Waals surface area contributed by atoms with E-state index in [-0.39, 0.29) is 5.91 Å². The van der Waals surface area contributed by atoms with Gasteiger partial charge in [0.15, 0.2) is 0 Å². The summed E-state index contributed by atoms with van der Waals surface area (Å²) < 4.78 is 0. The molecule has 104 valence electrons. The molecule has 2 aromatic carbocycles. The van der Waals surface area contributed by atoms with Gasteiger partial charge in [0.2, 0.25) is 5.91 Å². The molecule has 1 atom stereocenters. The van der Waals surface area contributed by atoms with Gasteiger partial charge in [0.25, 0.3) is 0 Å². The van der Waals surface area contributed by atoms with Gasteiger partial charge in [-0.2, -0.15) is 0 Å². The molecular formula is C17H19NO2. The van der Waals surface area contributed by atoms with Crippen molar-refractivity contribution in [2.24, 2.45) is 0 Å². The Kier molecular flexibility index (Phi) is 4.53. The molecule has 0 saturated heterocycles. The molecular weight excluding hydrogens is 250 g/mol. The third kappa shape index (κ3) is 3.68. The molecule has 0 aromatic heterocycles. The molecule has 0 saturated carbocycles. The molecule has 0 aliphatic carbocycles. The fourth-order valence-electron chi connectivity index (χ4n) is 1.98. The summed E-state index contributed by atoms with van der Waals surface area (Å²) in [5.74, 6) is -0.354. The maximum Gasteiger partial charge on any atom is 0.248 e. The number of hydrogen-bond donors (Lipinski definition) is 2. The first kappa shape index (κ1) is 14.3. The molecule has 2 rings (SSSR count). The van der Waals surface area contributed by atoms with Gasteiger partial charge in [-0.1, -0.05) is 54.1 Å². The lowest BCUT2D eigenvalue weighted by molar-refractivity contribution is -0.128. The fourth-order valence-corrected chi connectivity index (χ4v) is 1.98. The summed E-state index contributed by atoms with van der Waals surface area (Å²) >= 11 is 0. The number of amides is 1. The summed E-state index contributed by atoms with van der Waals surface area (Å²) in [7, 11) is 0. The molecule has 1 amide bonds. The lowest BCUT2D eigenvalue weighted by Crippen LogP contribution is -2.31. The summed E-state index contributed by atoms with van der Waals surface area (Å²) in [4.78, 5) is 11.3. The van der Waals surface area contributed by atoms with Crippen LogP contribution in [-0.4, -0.2) is 17.1 Å². The number of carbonyl (C=O) groups is 1. The third-order valence-electron chi connectivity index (χ3n) is 3.15. The highest BCUT2D eigenvalue weighted by Crippen LogP contribution is 2.20. The van der Waals surface area contributed by atoms with Crippen LogP contribution in [0.1, 0.15) is 18.1 Å². The van der Waals surface area contributed by atoms with Crippen molar-refractivity contribution < 1.29 is 9.90 Å². The highest BCUT2D eigenvalue weighted by atomic mass is 16.3. The highest BCUT2D eigenvalue weighted by Gasteiger charge is 2.07. The Bertz CT molecular complexity index is 588. The van der Waals surface area contributed by atoms with Crippen LogP contribution >= 0.6 is 0 Å². The van der Waals surface area contributed by atoms with Crippen LogP contribution in [-0.2, 0) is 11.3 Å². The summed E-state index contributed by atoms with van der Waals surface area (Å²) in [6.07, 6.45) is -0.971. The molecule has 3 nitrogen and oxygen atoms in total. The number of hydrogen-bond acceptors (Lipinski definition) is 2. The Morgan fingerprint density at radius 2 is 1.85 bits per heavy atom. The molecule has 0 heterocycles. The summed E-state index contributed by atoms with van der Waals surface area (Å²) in [6, 6.07) is 16.4. The normalized spacial score (nSPS) is 11.9. The largest absolute Gasteiger partial charge is 0.384 e. The van der Waals surface area contributed by atoms with E-state index in [0.717, 1.165) is 11.1 Å². The topological polar surface area (TPSA) is 49.3 Å². The van der Waals surface area contributed by atoms with Gasteiger partial charge < -0.3 is 10.4 Å². The number of aliphatic hydroxyl groups excluding tert-OH is 1. The Labute approximate surface area is 119 Å². The predicted octanol–water partition coefficient (Wildman–Crippen LogP) is 2.66. The van der Waals surface area contributed by atoms with Crippen LogP contribution in [0.4, 0.5) is 0 Å². The average molecular weight is 269 g/mol. The quantitative estimate of drug-likeness (QED) is 0.896. The number of aryl methyl sites for hydroxylation is 1. The van der Waals surface area contributed by atoms with E-state index in [9.17, 15) is 4.79 Å². The van der Waals surface area contributed by atoms with Crippen LogP contribution in [0, 0.1) is 6.92 Å². The first-order valence-electron chi connectivity index (χ1n) is 6.68. The molecule has 3 heteroatoms. The van der Waals surface area contributed by atoms with E-state index in [4.69, 9.17) is 5.11 Å². The van der Waals surface area contributed by atoms with Crippen LogP contribution in [0.2, 0.25) is 0 Å². The smallest absolute Gasteiger partial charge is 0.248 e. The average Bonchev–Trinajstić information content (AvgIpc) is 2.45. The monoisotopic (exact) mass is 269 g/mol. The highest BCUT2D eigenvalue weighted by molar-refractivity contribution is 5.79. The SMILES string of the molecule is Cc1cccc(-c2ccc(CNC(=O)C(C)O)cc2)c1. The number of aliphatic hydroxyl groups is 1. The van der Waals surface area contributed by atoms with E-state index >= 15 is 0 Å². The summed E-state index contributed by atoms with van der Waals surface area (Å²) in [5.41, 5.74) is 4.58. The summed E-state index contributed by atoms with van der Waals surface area (Å²) in [6.45, 7) is 3.96. The first-order valence-corrected chi connectivity index (χ1v) is 6.68. The molecule has 0 bridgehead atoms. The predicted molar refractivity (Wildman–Crippen MR) is 80.1 cm³/mol. The number of benzene rings is 2.